The molecule has 4 rings (SSSR count). The molecule has 0 spiro atoms. The molecule has 0 bridgehead atoms. The number of hydrogen-bond acceptors (Lipinski definition) is 4. The zero-order chi connectivity index (χ0) is 15.2. The molecule has 1 unspecified atom stereocenters. The minimum atomic E-state index is -3.51. The first-order chi connectivity index (χ1) is 10.6. The van der Waals surface area contributed by atoms with E-state index in [0.29, 0.717) is 24.5 Å². The first kappa shape index (κ1) is 13.9. The molecule has 7 heteroatoms. The zero-order valence-corrected chi connectivity index (χ0v) is 12.8. The van der Waals surface area contributed by atoms with E-state index in [4.69, 9.17) is 4.74 Å². The average Bonchev–Trinajstić information content (AvgIpc) is 3.14. The lowest BCUT2D eigenvalue weighted by Crippen LogP contribution is -2.38. The molecule has 0 saturated heterocycles. The van der Waals surface area contributed by atoms with Gasteiger partial charge >= 0.3 is 0 Å². The van der Waals surface area contributed by atoms with Gasteiger partial charge in [-0.15, -0.1) is 0 Å². The van der Waals surface area contributed by atoms with Crippen LogP contribution >= 0.6 is 0 Å². The molecule has 22 heavy (non-hydrogen) atoms. The highest BCUT2D eigenvalue weighted by Gasteiger charge is 2.26. The lowest BCUT2D eigenvalue weighted by molar-refractivity contribution is 0.134. The number of hydrogen-bond donors (Lipinski definition) is 2. The van der Waals surface area contributed by atoms with Gasteiger partial charge in [-0.25, -0.2) is 13.1 Å². The topological polar surface area (TPSA) is 84.1 Å². The molecule has 1 aliphatic carbocycles. The summed E-state index contributed by atoms with van der Waals surface area (Å²) >= 11 is 0. The van der Waals surface area contributed by atoms with Crippen LogP contribution in [0.5, 0.6) is 0 Å². The first-order valence-corrected chi connectivity index (χ1v) is 8.83. The monoisotopic (exact) mass is 319 g/mol. The standard InChI is InChI=1S/C15H17N3O3S/c19-22(20,14-4-2-11-8-21-9-12(11)5-14)18-13-3-1-10-7-16-17-15(10)6-13/h2,4-5,7,13,18H,1,3,6,8-9H2,(H,16,17). The van der Waals surface area contributed by atoms with Gasteiger partial charge in [0.15, 0.2) is 0 Å². The number of ether oxygens (including phenoxy) is 1. The summed E-state index contributed by atoms with van der Waals surface area (Å²) in [4.78, 5) is 0.312. The quantitative estimate of drug-likeness (QED) is 0.892. The molecule has 2 heterocycles. The summed E-state index contributed by atoms with van der Waals surface area (Å²) in [7, 11) is -3.51. The van der Waals surface area contributed by atoms with Crippen molar-refractivity contribution < 1.29 is 13.2 Å². The highest BCUT2D eigenvalue weighted by Crippen LogP contribution is 2.24. The van der Waals surface area contributed by atoms with Gasteiger partial charge in [-0.1, -0.05) is 6.07 Å². The number of aryl methyl sites for hydroxylation is 1. The molecule has 0 saturated carbocycles. The maximum atomic E-state index is 12.6. The Morgan fingerprint density at radius 1 is 1.23 bits per heavy atom. The Labute approximate surface area is 128 Å². The number of aromatic nitrogens is 2. The number of nitrogens with one attached hydrogen (secondary N) is 2. The smallest absolute Gasteiger partial charge is 0.240 e. The second-order valence-electron chi connectivity index (χ2n) is 5.86. The summed E-state index contributed by atoms with van der Waals surface area (Å²) in [6.07, 6.45) is 4.11. The van der Waals surface area contributed by atoms with Crippen LogP contribution in [0.2, 0.25) is 0 Å². The molecule has 1 atom stereocenters. The number of sulfonamides is 1. The van der Waals surface area contributed by atoms with Crippen LogP contribution in [-0.4, -0.2) is 24.7 Å². The molecular formula is C15H17N3O3S. The van der Waals surface area contributed by atoms with Crippen LogP contribution in [0.3, 0.4) is 0 Å². The van der Waals surface area contributed by atoms with Gasteiger partial charge < -0.3 is 4.74 Å². The van der Waals surface area contributed by atoms with E-state index in [0.717, 1.165) is 29.7 Å². The van der Waals surface area contributed by atoms with Gasteiger partial charge in [-0.2, -0.15) is 5.10 Å². The molecule has 1 aromatic carbocycles. The van der Waals surface area contributed by atoms with Crippen molar-refractivity contribution in [3.63, 3.8) is 0 Å². The van der Waals surface area contributed by atoms with E-state index in [-0.39, 0.29) is 6.04 Å². The van der Waals surface area contributed by atoms with Crippen molar-refractivity contribution >= 4 is 10.0 Å². The molecule has 0 amide bonds. The lowest BCUT2D eigenvalue weighted by atomic mass is 9.95. The van der Waals surface area contributed by atoms with Crippen molar-refractivity contribution in [2.75, 3.05) is 0 Å². The Morgan fingerprint density at radius 3 is 3.00 bits per heavy atom. The molecule has 0 radical (unpaired) electrons. The Bertz CT molecular complexity index is 813. The van der Waals surface area contributed by atoms with Gasteiger partial charge in [-0.3, -0.25) is 5.10 Å². The largest absolute Gasteiger partial charge is 0.372 e. The number of fused-ring (bicyclic) bond motifs is 2. The third-order valence-corrected chi connectivity index (χ3v) is 5.86. The summed E-state index contributed by atoms with van der Waals surface area (Å²) in [6, 6.07) is 5.11. The number of nitrogens with zero attached hydrogens (tertiary/aromatic N) is 1. The van der Waals surface area contributed by atoms with E-state index in [1.807, 2.05) is 12.3 Å². The Hall–Kier alpha value is -1.70. The fraction of sp³-hybridized carbons (Fsp3) is 0.400. The molecule has 2 aromatic rings. The molecule has 1 aliphatic heterocycles. The van der Waals surface area contributed by atoms with E-state index in [1.54, 1.807) is 12.1 Å². The van der Waals surface area contributed by atoms with Gasteiger partial charge in [0.1, 0.15) is 0 Å². The number of H-pyrrole nitrogens is 1. The number of benzene rings is 1. The van der Waals surface area contributed by atoms with E-state index in [2.05, 4.69) is 14.9 Å². The van der Waals surface area contributed by atoms with Crippen LogP contribution in [0, 0.1) is 0 Å². The average molecular weight is 319 g/mol. The van der Waals surface area contributed by atoms with E-state index < -0.39 is 10.0 Å². The minimum Gasteiger partial charge on any atom is -0.372 e. The van der Waals surface area contributed by atoms with E-state index in [9.17, 15) is 8.42 Å². The summed E-state index contributed by atoms with van der Waals surface area (Å²) < 4.78 is 33.3. The van der Waals surface area contributed by atoms with Crippen molar-refractivity contribution in [3.05, 3.63) is 46.8 Å². The summed E-state index contributed by atoms with van der Waals surface area (Å²) in [5.41, 5.74) is 4.24. The van der Waals surface area contributed by atoms with Crippen molar-refractivity contribution in [1.82, 2.24) is 14.9 Å². The third kappa shape index (κ3) is 2.45. The summed E-state index contributed by atoms with van der Waals surface area (Å²) in [5.74, 6) is 0. The predicted octanol–water partition coefficient (Wildman–Crippen LogP) is 1.28. The van der Waals surface area contributed by atoms with Crippen LogP contribution in [-0.2, 0) is 40.8 Å². The van der Waals surface area contributed by atoms with Crippen LogP contribution < -0.4 is 4.72 Å². The zero-order valence-electron chi connectivity index (χ0n) is 12.0. The molecule has 0 fully saturated rings. The highest BCUT2D eigenvalue weighted by atomic mass is 32.2. The normalized spacial score (nSPS) is 20.6. The molecular weight excluding hydrogens is 302 g/mol. The number of rotatable bonds is 3. The fourth-order valence-corrected chi connectivity index (χ4v) is 4.43. The first-order valence-electron chi connectivity index (χ1n) is 7.35. The van der Waals surface area contributed by atoms with Crippen molar-refractivity contribution in [2.45, 2.75) is 43.4 Å². The molecule has 6 nitrogen and oxygen atoms in total. The molecule has 2 aliphatic rings. The Morgan fingerprint density at radius 2 is 2.09 bits per heavy atom. The maximum Gasteiger partial charge on any atom is 0.240 e. The highest BCUT2D eigenvalue weighted by molar-refractivity contribution is 7.89. The van der Waals surface area contributed by atoms with Crippen molar-refractivity contribution in [3.8, 4) is 0 Å². The summed E-state index contributed by atoms with van der Waals surface area (Å²) in [6.45, 7) is 1.05. The van der Waals surface area contributed by atoms with Crippen LogP contribution in [0.25, 0.3) is 0 Å². The van der Waals surface area contributed by atoms with Crippen LogP contribution in [0.15, 0.2) is 29.3 Å². The Kier molecular flexibility index (Phi) is 3.28. The van der Waals surface area contributed by atoms with Gasteiger partial charge in [0, 0.05) is 18.2 Å². The second kappa shape index (κ2) is 5.19. The fourth-order valence-electron chi connectivity index (χ4n) is 3.11. The predicted molar refractivity (Wildman–Crippen MR) is 79.7 cm³/mol. The van der Waals surface area contributed by atoms with Crippen LogP contribution in [0.4, 0.5) is 0 Å². The Balaban J connectivity index is 1.55. The second-order valence-corrected chi connectivity index (χ2v) is 7.57. The molecule has 1 aromatic heterocycles. The van der Waals surface area contributed by atoms with E-state index >= 15 is 0 Å². The summed E-state index contributed by atoms with van der Waals surface area (Å²) in [5, 5.41) is 6.96. The van der Waals surface area contributed by atoms with Gasteiger partial charge in [0.05, 0.1) is 24.3 Å². The maximum absolute atomic E-state index is 12.6. The van der Waals surface area contributed by atoms with Crippen molar-refractivity contribution in [2.24, 2.45) is 0 Å². The lowest BCUT2D eigenvalue weighted by Gasteiger charge is -2.22. The van der Waals surface area contributed by atoms with Gasteiger partial charge in [0.25, 0.3) is 0 Å². The van der Waals surface area contributed by atoms with Gasteiger partial charge in [-0.05, 0) is 41.7 Å². The van der Waals surface area contributed by atoms with Crippen LogP contribution in [0.1, 0.15) is 28.8 Å². The van der Waals surface area contributed by atoms with Crippen molar-refractivity contribution in [1.29, 1.82) is 0 Å². The molecule has 116 valence electrons. The third-order valence-electron chi connectivity index (χ3n) is 4.35. The van der Waals surface area contributed by atoms with Gasteiger partial charge in [0.2, 0.25) is 10.0 Å². The minimum absolute atomic E-state index is 0.0949. The van der Waals surface area contributed by atoms with E-state index in [1.165, 1.54) is 5.56 Å². The number of aromatic amines is 1. The molecule has 2 N–H and O–H groups in total. The SMILES string of the molecule is O=S(=O)(NC1CCc2cn[nH]c2C1)c1ccc2c(c1)COC2.